The van der Waals surface area contributed by atoms with Crippen molar-refractivity contribution in [1.82, 2.24) is 9.29 Å². The molecule has 33 heavy (non-hydrogen) atoms. The molecule has 2 aromatic rings. The second-order valence-corrected chi connectivity index (χ2v) is 10.4. The Morgan fingerprint density at radius 3 is 2.58 bits per heavy atom. The summed E-state index contributed by atoms with van der Waals surface area (Å²) in [5.41, 5.74) is 0.918. The zero-order chi connectivity index (χ0) is 24.4. The number of pyridine rings is 1. The molecule has 3 rings (SSSR count). The van der Waals surface area contributed by atoms with Gasteiger partial charge in [0.15, 0.2) is 0 Å². The number of benzene rings is 1. The lowest BCUT2D eigenvalue weighted by atomic mass is 9.71. The van der Waals surface area contributed by atoms with Crippen LogP contribution >= 0.6 is 11.6 Å². The number of anilines is 1. The number of nitrogens with zero attached hydrogens (tertiary/aromatic N) is 2. The molecule has 180 valence electrons. The predicted molar refractivity (Wildman–Crippen MR) is 127 cm³/mol. The molecule has 0 saturated carbocycles. The second-order valence-electron chi connectivity index (χ2n) is 8.48. The first-order chi connectivity index (χ1) is 15.5. The largest absolute Gasteiger partial charge is 0.486 e. The van der Waals surface area contributed by atoms with Gasteiger partial charge in [0.2, 0.25) is 5.91 Å². The summed E-state index contributed by atoms with van der Waals surface area (Å²) in [6, 6.07) is 9.04. The molecule has 1 atom stereocenters. The fourth-order valence-corrected chi connectivity index (χ4v) is 4.89. The highest BCUT2D eigenvalue weighted by Crippen LogP contribution is 2.41. The topological polar surface area (TPSA) is 124 Å². The maximum absolute atomic E-state index is 13.7. The van der Waals surface area contributed by atoms with E-state index in [4.69, 9.17) is 26.2 Å². The number of nitrogens with two attached hydrogens (primary N) is 1. The molecule has 1 aromatic heterocycles. The summed E-state index contributed by atoms with van der Waals surface area (Å²) in [4.78, 5) is 17.8. The molecule has 1 aliphatic rings. The van der Waals surface area contributed by atoms with Gasteiger partial charge in [-0.25, -0.2) is 10.1 Å². The quantitative estimate of drug-likeness (QED) is 0.514. The number of hydrogen-bond donors (Lipinski definition) is 2. The Bertz CT molecular complexity index is 1120. The summed E-state index contributed by atoms with van der Waals surface area (Å²) in [7, 11) is -2.37. The Labute approximate surface area is 199 Å². The first-order valence-corrected chi connectivity index (χ1v) is 12.4. The molecule has 9 nitrogen and oxygen atoms in total. The SMILES string of the molecule is COC[C@H](C)Oc1cc(Cl)ncc1NC(=O)C1(c2ccccc2C(C)C)CN(S(N)(=O)=O)C1. The standard InChI is InChI=1S/C22H29ClN4O5S/c1-14(2)16-7-5-6-8-17(16)22(12-27(13-22)33(24,29)30)21(28)26-18-10-25-20(23)9-19(18)32-15(3)11-31-4/h5-10,14-15H,11-13H2,1-4H3,(H,26,28)(H2,24,29,30)/t15-/m0/s1. The average Bonchev–Trinajstić information content (AvgIpc) is 2.68. The first-order valence-electron chi connectivity index (χ1n) is 10.5. The van der Waals surface area contributed by atoms with Crippen molar-refractivity contribution >= 4 is 33.4 Å². The van der Waals surface area contributed by atoms with Gasteiger partial charge in [0, 0.05) is 26.3 Å². The summed E-state index contributed by atoms with van der Waals surface area (Å²) >= 11 is 6.04. The maximum Gasteiger partial charge on any atom is 0.276 e. The summed E-state index contributed by atoms with van der Waals surface area (Å²) in [6.45, 7) is 6.05. The van der Waals surface area contributed by atoms with Crippen LogP contribution in [-0.4, -0.2) is 56.5 Å². The minimum Gasteiger partial charge on any atom is -0.486 e. The van der Waals surface area contributed by atoms with E-state index in [0.29, 0.717) is 18.0 Å². The van der Waals surface area contributed by atoms with Crippen molar-refractivity contribution in [3.05, 3.63) is 52.8 Å². The monoisotopic (exact) mass is 496 g/mol. The van der Waals surface area contributed by atoms with Crippen LogP contribution in [0.1, 0.15) is 37.8 Å². The third-order valence-corrected chi connectivity index (χ3v) is 6.78. The first kappa shape index (κ1) is 25.4. The second kappa shape index (κ2) is 9.94. The number of ether oxygens (including phenoxy) is 2. The molecule has 0 aliphatic carbocycles. The van der Waals surface area contributed by atoms with Gasteiger partial charge in [-0.15, -0.1) is 0 Å². The molecule has 1 aromatic carbocycles. The van der Waals surface area contributed by atoms with Gasteiger partial charge in [-0.3, -0.25) is 4.79 Å². The van der Waals surface area contributed by atoms with Crippen molar-refractivity contribution in [2.24, 2.45) is 5.14 Å². The summed E-state index contributed by atoms with van der Waals surface area (Å²) in [5.74, 6) is 0.0760. The van der Waals surface area contributed by atoms with Crippen LogP contribution in [0.5, 0.6) is 5.75 Å². The lowest BCUT2D eigenvalue weighted by Crippen LogP contribution is -2.67. The van der Waals surface area contributed by atoms with E-state index in [9.17, 15) is 13.2 Å². The number of carbonyl (C=O) groups is 1. The van der Waals surface area contributed by atoms with Gasteiger partial charge in [0.25, 0.3) is 10.2 Å². The lowest BCUT2D eigenvalue weighted by Gasteiger charge is -2.48. The van der Waals surface area contributed by atoms with Crippen LogP contribution in [0.3, 0.4) is 0 Å². The van der Waals surface area contributed by atoms with Crippen molar-refractivity contribution in [3.63, 3.8) is 0 Å². The van der Waals surface area contributed by atoms with Crippen LogP contribution in [-0.2, 0) is 25.2 Å². The number of aromatic nitrogens is 1. The molecule has 0 spiro atoms. The smallest absolute Gasteiger partial charge is 0.276 e. The van der Waals surface area contributed by atoms with Crippen LogP contribution in [0.15, 0.2) is 36.5 Å². The fraction of sp³-hybridized carbons (Fsp3) is 0.455. The Balaban J connectivity index is 1.99. The molecular formula is C22H29ClN4O5S. The van der Waals surface area contributed by atoms with Crippen molar-refractivity contribution in [2.75, 3.05) is 32.1 Å². The third kappa shape index (κ3) is 5.47. The fourth-order valence-electron chi connectivity index (χ4n) is 3.94. The highest BCUT2D eigenvalue weighted by molar-refractivity contribution is 7.86. The van der Waals surface area contributed by atoms with E-state index in [1.165, 1.54) is 12.3 Å². The molecular weight excluding hydrogens is 468 g/mol. The Morgan fingerprint density at radius 1 is 1.30 bits per heavy atom. The molecule has 1 aliphatic heterocycles. The molecule has 3 N–H and O–H groups in total. The number of nitrogens with one attached hydrogen (secondary N) is 1. The van der Waals surface area contributed by atoms with Crippen molar-refractivity contribution in [3.8, 4) is 5.75 Å². The molecule has 0 radical (unpaired) electrons. The summed E-state index contributed by atoms with van der Waals surface area (Å²) in [5, 5.41) is 8.41. The molecule has 0 bridgehead atoms. The average molecular weight is 497 g/mol. The van der Waals surface area contributed by atoms with Crippen molar-refractivity contribution in [2.45, 2.75) is 38.2 Å². The van der Waals surface area contributed by atoms with E-state index in [0.717, 1.165) is 15.4 Å². The Hall–Kier alpha value is -2.24. The predicted octanol–water partition coefficient (Wildman–Crippen LogP) is 2.67. The van der Waals surface area contributed by atoms with E-state index >= 15 is 0 Å². The van der Waals surface area contributed by atoms with Gasteiger partial charge in [0.05, 0.1) is 12.8 Å². The van der Waals surface area contributed by atoms with Gasteiger partial charge < -0.3 is 14.8 Å². The van der Waals surface area contributed by atoms with Crippen LogP contribution in [0.2, 0.25) is 5.15 Å². The number of halogens is 1. The lowest BCUT2D eigenvalue weighted by molar-refractivity contribution is -0.125. The molecule has 1 saturated heterocycles. The number of hydrogen-bond acceptors (Lipinski definition) is 6. The number of rotatable bonds is 9. The van der Waals surface area contributed by atoms with E-state index in [2.05, 4.69) is 10.3 Å². The van der Waals surface area contributed by atoms with Crippen LogP contribution < -0.4 is 15.2 Å². The van der Waals surface area contributed by atoms with Gasteiger partial charge in [-0.1, -0.05) is 49.7 Å². The van der Waals surface area contributed by atoms with Crippen LogP contribution in [0.4, 0.5) is 5.69 Å². The van der Waals surface area contributed by atoms with Crippen LogP contribution in [0, 0.1) is 0 Å². The Morgan fingerprint density at radius 2 is 1.97 bits per heavy atom. The summed E-state index contributed by atoms with van der Waals surface area (Å²) in [6.07, 6.45) is 1.11. The molecule has 0 unspecified atom stereocenters. The van der Waals surface area contributed by atoms with Crippen molar-refractivity contribution < 1.29 is 22.7 Å². The zero-order valence-electron chi connectivity index (χ0n) is 19.0. The minimum absolute atomic E-state index is 0.0707. The van der Waals surface area contributed by atoms with E-state index in [1.54, 1.807) is 7.11 Å². The number of methoxy groups -OCH3 is 1. The minimum atomic E-state index is -3.94. The maximum atomic E-state index is 13.7. The third-order valence-electron chi connectivity index (χ3n) is 5.60. The number of carbonyl (C=O) groups excluding carboxylic acids is 1. The Kier molecular flexibility index (Phi) is 7.65. The molecule has 2 heterocycles. The summed E-state index contributed by atoms with van der Waals surface area (Å²) < 4.78 is 35.9. The van der Waals surface area contributed by atoms with E-state index in [1.807, 2.05) is 45.0 Å². The normalized spacial score (nSPS) is 16.8. The van der Waals surface area contributed by atoms with E-state index < -0.39 is 15.6 Å². The van der Waals surface area contributed by atoms with Crippen LogP contribution in [0.25, 0.3) is 0 Å². The number of amides is 1. The van der Waals surface area contributed by atoms with Gasteiger partial charge in [-0.2, -0.15) is 12.7 Å². The highest BCUT2D eigenvalue weighted by Gasteiger charge is 2.55. The van der Waals surface area contributed by atoms with Gasteiger partial charge in [-0.05, 0) is 24.0 Å². The zero-order valence-corrected chi connectivity index (χ0v) is 20.6. The molecule has 1 amide bonds. The van der Waals surface area contributed by atoms with E-state index in [-0.39, 0.29) is 36.2 Å². The van der Waals surface area contributed by atoms with Gasteiger partial charge >= 0.3 is 0 Å². The molecule has 1 fully saturated rings. The van der Waals surface area contributed by atoms with Gasteiger partial charge in [0.1, 0.15) is 28.1 Å². The van der Waals surface area contributed by atoms with Crippen molar-refractivity contribution in [1.29, 1.82) is 0 Å². The molecule has 11 heteroatoms. The highest BCUT2D eigenvalue weighted by atomic mass is 35.5.